The second-order valence-corrected chi connectivity index (χ2v) is 6.77. The van der Waals surface area contributed by atoms with Gasteiger partial charge in [0.2, 0.25) is 0 Å². The Morgan fingerprint density at radius 3 is 2.93 bits per heavy atom. The van der Waals surface area contributed by atoms with Crippen LogP contribution in [0.2, 0.25) is 0 Å². The molecule has 8 nitrogen and oxygen atoms in total. The van der Waals surface area contributed by atoms with Gasteiger partial charge < -0.3 is 15.1 Å². The lowest BCUT2D eigenvalue weighted by Gasteiger charge is -2.22. The van der Waals surface area contributed by atoms with Crippen LogP contribution in [0.5, 0.6) is 0 Å². The van der Waals surface area contributed by atoms with Crippen LogP contribution in [0.15, 0.2) is 39.8 Å². The molecule has 0 saturated carbocycles. The van der Waals surface area contributed by atoms with Crippen molar-refractivity contribution in [2.24, 2.45) is 0 Å². The summed E-state index contributed by atoms with van der Waals surface area (Å²) in [5.41, 5.74) is 1.55. The van der Waals surface area contributed by atoms with Gasteiger partial charge in [-0.3, -0.25) is 4.79 Å². The molecular weight excluding hydrogens is 417 g/mol. The molecule has 4 rings (SSSR count). The fourth-order valence-electron chi connectivity index (χ4n) is 3.50. The summed E-state index contributed by atoms with van der Waals surface area (Å²) >= 11 is 0. The van der Waals surface area contributed by atoms with Crippen LogP contribution in [0.25, 0.3) is 5.65 Å². The van der Waals surface area contributed by atoms with E-state index >= 15 is 0 Å². The van der Waals surface area contributed by atoms with E-state index in [1.54, 1.807) is 11.4 Å². The maximum Gasteiger partial charge on any atom is 0.349 e. The molecule has 156 valence electrons. The predicted octanol–water partition coefficient (Wildman–Crippen LogP) is 2.23. The highest BCUT2D eigenvalue weighted by atomic mass is 35.5. The van der Waals surface area contributed by atoms with Crippen molar-refractivity contribution in [2.75, 3.05) is 13.1 Å². The number of pyridine rings is 1. The highest BCUT2D eigenvalue weighted by Crippen LogP contribution is 2.23. The first kappa shape index (κ1) is 22.9. The molecule has 0 bridgehead atoms. The number of hydrogen-bond donors (Lipinski definition) is 2. The molecule has 1 aliphatic heterocycles. The van der Waals surface area contributed by atoms with Gasteiger partial charge in [0.25, 0.3) is 5.91 Å². The van der Waals surface area contributed by atoms with Crippen molar-refractivity contribution in [3.63, 3.8) is 0 Å². The molecule has 0 aromatic carbocycles. The van der Waals surface area contributed by atoms with E-state index in [1.165, 1.54) is 6.33 Å². The Kier molecular flexibility index (Phi) is 7.78. The summed E-state index contributed by atoms with van der Waals surface area (Å²) in [7, 11) is 0. The van der Waals surface area contributed by atoms with E-state index in [0.29, 0.717) is 17.0 Å². The van der Waals surface area contributed by atoms with Crippen LogP contribution in [0.4, 0.5) is 0 Å². The van der Waals surface area contributed by atoms with Crippen LogP contribution in [-0.4, -0.2) is 33.6 Å². The second-order valence-electron chi connectivity index (χ2n) is 6.77. The largest absolute Gasteiger partial charge is 0.427 e. The van der Waals surface area contributed by atoms with E-state index in [-0.39, 0.29) is 42.8 Å². The molecular formula is C19H23Cl2N5O3. The normalized spacial score (nSPS) is 16.0. The van der Waals surface area contributed by atoms with Gasteiger partial charge in [0.1, 0.15) is 17.7 Å². The van der Waals surface area contributed by atoms with Gasteiger partial charge in [-0.1, -0.05) is 6.07 Å². The number of aryl methyl sites for hydroxylation is 1. The quantitative estimate of drug-likeness (QED) is 0.645. The molecule has 10 heteroatoms. The molecule has 1 unspecified atom stereocenters. The molecule has 0 spiro atoms. The number of fused-ring (bicyclic) bond motifs is 1. The van der Waals surface area contributed by atoms with Crippen molar-refractivity contribution in [3.05, 3.63) is 63.6 Å². The van der Waals surface area contributed by atoms with Gasteiger partial charge >= 0.3 is 5.63 Å². The summed E-state index contributed by atoms with van der Waals surface area (Å²) in [5.74, 6) is 0.368. The van der Waals surface area contributed by atoms with E-state index in [4.69, 9.17) is 4.42 Å². The third-order valence-corrected chi connectivity index (χ3v) is 4.90. The summed E-state index contributed by atoms with van der Waals surface area (Å²) in [5, 5.41) is 10.2. The Bertz CT molecular complexity index is 1040. The summed E-state index contributed by atoms with van der Waals surface area (Å²) in [4.78, 5) is 29.2. The molecule has 1 aliphatic rings. The zero-order chi connectivity index (χ0) is 18.8. The highest BCUT2D eigenvalue weighted by molar-refractivity contribution is 5.95. The maximum absolute atomic E-state index is 12.6. The maximum atomic E-state index is 12.6. The molecule has 29 heavy (non-hydrogen) atoms. The van der Waals surface area contributed by atoms with Crippen molar-refractivity contribution in [2.45, 2.75) is 32.2 Å². The van der Waals surface area contributed by atoms with Crippen LogP contribution in [0, 0.1) is 6.92 Å². The van der Waals surface area contributed by atoms with Gasteiger partial charge in [0, 0.05) is 12.5 Å². The zero-order valence-electron chi connectivity index (χ0n) is 15.9. The Balaban J connectivity index is 0.00000150. The summed E-state index contributed by atoms with van der Waals surface area (Å²) in [6.45, 7) is 3.77. The van der Waals surface area contributed by atoms with Gasteiger partial charge in [-0.2, -0.15) is 5.10 Å². The number of piperidine rings is 1. The molecule has 4 heterocycles. The van der Waals surface area contributed by atoms with Crippen LogP contribution in [-0.2, 0) is 6.54 Å². The fraction of sp³-hybridized carbons (Fsp3) is 0.368. The Morgan fingerprint density at radius 1 is 1.38 bits per heavy atom. The smallest absolute Gasteiger partial charge is 0.349 e. The summed E-state index contributed by atoms with van der Waals surface area (Å²) < 4.78 is 7.12. The number of halogens is 2. The topological polar surface area (TPSA) is 102 Å². The van der Waals surface area contributed by atoms with Gasteiger partial charge in [0.05, 0.1) is 12.2 Å². The lowest BCUT2D eigenvalue weighted by molar-refractivity contribution is 0.0945. The molecule has 1 atom stereocenters. The molecule has 3 aromatic heterocycles. The Morgan fingerprint density at radius 2 is 2.21 bits per heavy atom. The number of amides is 1. The number of nitrogens with one attached hydrogen (secondary N) is 2. The van der Waals surface area contributed by atoms with Crippen molar-refractivity contribution in [3.8, 4) is 0 Å². The third-order valence-electron chi connectivity index (χ3n) is 4.90. The number of hydrogen-bond acceptors (Lipinski definition) is 6. The van der Waals surface area contributed by atoms with Crippen LogP contribution >= 0.6 is 24.8 Å². The van der Waals surface area contributed by atoms with Crippen molar-refractivity contribution >= 4 is 36.4 Å². The van der Waals surface area contributed by atoms with Crippen molar-refractivity contribution < 1.29 is 9.21 Å². The summed E-state index contributed by atoms with van der Waals surface area (Å²) in [6.07, 6.45) is 3.48. The van der Waals surface area contributed by atoms with E-state index in [1.807, 2.05) is 24.3 Å². The first-order valence-corrected chi connectivity index (χ1v) is 9.04. The minimum Gasteiger partial charge on any atom is -0.427 e. The Hall–Kier alpha value is -2.42. The average Bonchev–Trinajstić information content (AvgIpc) is 3.16. The lowest BCUT2D eigenvalue weighted by Crippen LogP contribution is -2.32. The van der Waals surface area contributed by atoms with Crippen LogP contribution in [0.3, 0.4) is 0 Å². The number of rotatable bonds is 4. The molecule has 0 aliphatic carbocycles. The molecule has 2 N–H and O–H groups in total. The number of carbonyl (C=O) groups is 1. The molecule has 1 fully saturated rings. The first-order valence-electron chi connectivity index (χ1n) is 9.04. The van der Waals surface area contributed by atoms with Gasteiger partial charge in [0.15, 0.2) is 5.65 Å². The van der Waals surface area contributed by atoms with Crippen molar-refractivity contribution in [1.82, 2.24) is 25.2 Å². The van der Waals surface area contributed by atoms with Gasteiger partial charge in [-0.05, 0) is 50.1 Å². The van der Waals surface area contributed by atoms with E-state index in [2.05, 4.69) is 20.7 Å². The minimum atomic E-state index is -0.591. The molecule has 0 radical (unpaired) electrons. The highest BCUT2D eigenvalue weighted by Gasteiger charge is 2.22. The average molecular weight is 440 g/mol. The lowest BCUT2D eigenvalue weighted by atomic mass is 9.95. The second kappa shape index (κ2) is 9.87. The van der Waals surface area contributed by atoms with Crippen LogP contribution in [0.1, 0.15) is 46.1 Å². The number of carbonyl (C=O) groups excluding carboxylic acids is 1. The van der Waals surface area contributed by atoms with Crippen LogP contribution < -0.4 is 16.3 Å². The minimum absolute atomic E-state index is 0. The summed E-state index contributed by atoms with van der Waals surface area (Å²) in [6, 6.07) is 7.33. The van der Waals surface area contributed by atoms with E-state index in [9.17, 15) is 9.59 Å². The van der Waals surface area contributed by atoms with E-state index < -0.39 is 11.5 Å². The van der Waals surface area contributed by atoms with Gasteiger partial charge in [-0.15, -0.1) is 24.8 Å². The third kappa shape index (κ3) is 4.77. The SMILES string of the molecule is Cc1cc(C2CCCNC2)oc(=O)c1C(=O)NCc1cccc2ncnn12.Cl.Cl. The number of aromatic nitrogens is 3. The predicted molar refractivity (Wildman–Crippen MR) is 113 cm³/mol. The standard InChI is InChI=1S/C19H21N5O3.2ClH/c1-12-8-15(13-4-3-7-20-9-13)27-19(26)17(12)18(25)21-10-14-5-2-6-16-22-11-23-24(14)16;;/h2,5-6,8,11,13,20H,3-4,7,9-10H2,1H3,(H,21,25);2*1H. The fourth-order valence-corrected chi connectivity index (χ4v) is 3.50. The molecule has 1 amide bonds. The van der Waals surface area contributed by atoms with E-state index in [0.717, 1.165) is 31.6 Å². The number of nitrogens with zero attached hydrogens (tertiary/aromatic N) is 3. The Labute approximate surface area is 179 Å². The monoisotopic (exact) mass is 439 g/mol. The van der Waals surface area contributed by atoms with Gasteiger partial charge in [-0.25, -0.2) is 14.3 Å². The first-order chi connectivity index (χ1) is 13.1. The molecule has 1 saturated heterocycles. The molecule has 3 aromatic rings. The van der Waals surface area contributed by atoms with Crippen molar-refractivity contribution in [1.29, 1.82) is 0 Å². The zero-order valence-corrected chi connectivity index (χ0v) is 17.5.